The predicted octanol–water partition coefficient (Wildman–Crippen LogP) is 2.77. The van der Waals surface area contributed by atoms with E-state index in [0.29, 0.717) is 0 Å². The summed E-state index contributed by atoms with van der Waals surface area (Å²) in [5.41, 5.74) is 0. The van der Waals surface area contributed by atoms with Crippen molar-refractivity contribution in [3.63, 3.8) is 0 Å². The summed E-state index contributed by atoms with van der Waals surface area (Å²) in [5.74, 6) is -14.8. The number of hydrogen-bond donors (Lipinski definition) is 1. The minimum atomic E-state index is -6.49. The van der Waals surface area contributed by atoms with Gasteiger partial charge in [0, 0.05) is 0 Å². The molecule has 0 saturated heterocycles. The second-order valence-corrected chi connectivity index (χ2v) is 9.10. The third-order valence-corrected chi connectivity index (χ3v) is 2.50. The first kappa shape index (κ1) is 16.2. The lowest BCUT2D eigenvalue weighted by Gasteiger charge is -2.29. The van der Waals surface area contributed by atoms with E-state index < -0.39 is 32.2 Å². The van der Waals surface area contributed by atoms with E-state index >= 15 is 0 Å². The molecule has 2 nitrogen and oxygen atoms in total. The molecule has 0 unspecified atom stereocenters. The monoisotopic (exact) mass is 285 g/mol. The Kier molecular flexibility index (Phi) is 3.95. The van der Waals surface area contributed by atoms with Gasteiger partial charge in [0.05, 0.1) is 0 Å². The van der Waals surface area contributed by atoms with Crippen molar-refractivity contribution in [3.05, 3.63) is 0 Å². The van der Waals surface area contributed by atoms with E-state index in [-0.39, 0.29) is 0 Å². The number of rotatable bonds is 3. The summed E-state index contributed by atoms with van der Waals surface area (Å²) in [6.07, 6.45) is -6.49. The summed E-state index contributed by atoms with van der Waals surface area (Å²) in [6.45, 7) is 3.89. The Balaban J connectivity index is 5.22. The molecule has 0 atom stereocenters. The summed E-state index contributed by atoms with van der Waals surface area (Å²) in [4.78, 5) is 12.3. The highest BCUT2D eigenvalue weighted by Gasteiger charge is 2.76. The molecule has 0 heterocycles. The summed E-state index contributed by atoms with van der Waals surface area (Å²) >= 11 is 0. The van der Waals surface area contributed by atoms with Crippen molar-refractivity contribution >= 4 is 14.1 Å². The fourth-order valence-corrected chi connectivity index (χ4v) is 1.58. The Labute approximate surface area is 93.3 Å². The molecule has 1 N–H and O–H groups in total. The Bertz CT molecular complexity index is 306. The van der Waals surface area contributed by atoms with Gasteiger partial charge in [0.2, 0.25) is 0 Å². The lowest BCUT2D eigenvalue weighted by molar-refractivity contribution is -0.343. The molecule has 10 heteroatoms. The molecule has 0 bridgehead atoms. The van der Waals surface area contributed by atoms with Crippen molar-refractivity contribution in [2.24, 2.45) is 0 Å². The quantitative estimate of drug-likeness (QED) is 0.627. The molecule has 102 valence electrons. The Morgan fingerprint density at radius 2 is 1.29 bits per heavy atom. The van der Waals surface area contributed by atoms with Gasteiger partial charge >= 0.3 is 18.0 Å². The second kappa shape index (κ2) is 4.14. The zero-order chi connectivity index (χ0) is 14.3. The molecule has 0 radical (unpaired) electrons. The van der Waals surface area contributed by atoms with Crippen molar-refractivity contribution in [1.82, 2.24) is 4.98 Å². The molecule has 0 aliphatic rings. The number of carbonyl (C=O) groups is 1. The topological polar surface area (TPSA) is 29.1 Å². The molecule has 0 rings (SSSR count). The normalized spacial score (nSPS) is 14.7. The van der Waals surface area contributed by atoms with Crippen molar-refractivity contribution in [2.45, 2.75) is 37.7 Å². The van der Waals surface area contributed by atoms with Crippen molar-refractivity contribution in [3.8, 4) is 0 Å². The van der Waals surface area contributed by atoms with E-state index in [4.69, 9.17) is 0 Å². The van der Waals surface area contributed by atoms with E-state index in [1.165, 1.54) is 24.6 Å². The van der Waals surface area contributed by atoms with Gasteiger partial charge in [-0.25, -0.2) is 0 Å². The van der Waals surface area contributed by atoms with Crippen LogP contribution in [0.5, 0.6) is 0 Å². The summed E-state index contributed by atoms with van der Waals surface area (Å²) in [5, 5.41) is 0. The van der Waals surface area contributed by atoms with Gasteiger partial charge in [-0.2, -0.15) is 30.7 Å². The SMILES string of the molecule is C[Si](C)(C)NC(=O)C(F)(F)C(F)(F)C(F)(F)F. The molecule has 0 aromatic rings. The largest absolute Gasteiger partial charge is 0.460 e. The first-order valence-corrected chi connectivity index (χ1v) is 7.78. The van der Waals surface area contributed by atoms with Crippen LogP contribution in [0.1, 0.15) is 0 Å². The van der Waals surface area contributed by atoms with Crippen LogP contribution in [0.2, 0.25) is 19.6 Å². The molecule has 0 aromatic heterocycles. The molecule has 0 aliphatic heterocycles. The zero-order valence-electron chi connectivity index (χ0n) is 9.05. The molecule has 0 aliphatic carbocycles. The van der Waals surface area contributed by atoms with Crippen LogP contribution in [0.3, 0.4) is 0 Å². The molecule has 0 aromatic carbocycles. The van der Waals surface area contributed by atoms with Gasteiger partial charge in [0.15, 0.2) is 0 Å². The van der Waals surface area contributed by atoms with E-state index in [9.17, 15) is 35.5 Å². The number of nitrogens with one attached hydrogen (secondary N) is 1. The number of alkyl halides is 7. The summed E-state index contributed by atoms with van der Waals surface area (Å²) in [7, 11) is -2.75. The van der Waals surface area contributed by atoms with Gasteiger partial charge in [-0.15, -0.1) is 0 Å². The maximum Gasteiger partial charge on any atom is 0.460 e. The first-order valence-electron chi connectivity index (χ1n) is 4.28. The van der Waals surface area contributed by atoms with Crippen LogP contribution in [0.15, 0.2) is 0 Å². The molecule has 0 saturated carbocycles. The van der Waals surface area contributed by atoms with Gasteiger partial charge in [-0.05, 0) is 0 Å². The summed E-state index contributed by atoms with van der Waals surface area (Å²) in [6, 6.07) is 0. The van der Waals surface area contributed by atoms with Gasteiger partial charge in [-0.1, -0.05) is 19.6 Å². The van der Waals surface area contributed by atoms with Crippen LogP contribution < -0.4 is 4.98 Å². The number of amides is 1. The highest BCUT2D eigenvalue weighted by atomic mass is 28.3. The third kappa shape index (κ3) is 3.33. The summed E-state index contributed by atoms with van der Waals surface area (Å²) < 4.78 is 85.5. The van der Waals surface area contributed by atoms with E-state index in [0.717, 1.165) is 0 Å². The molecule has 17 heavy (non-hydrogen) atoms. The van der Waals surface area contributed by atoms with Gasteiger partial charge in [0.1, 0.15) is 8.24 Å². The van der Waals surface area contributed by atoms with Gasteiger partial charge in [0.25, 0.3) is 5.91 Å². The number of halogens is 7. The lowest BCUT2D eigenvalue weighted by Crippen LogP contribution is -2.62. The van der Waals surface area contributed by atoms with Crippen molar-refractivity contribution in [1.29, 1.82) is 0 Å². The zero-order valence-corrected chi connectivity index (χ0v) is 10.1. The standard InChI is InChI=1S/C7H10F7NOSi/c1-17(2,3)15-4(16)5(8,9)6(10,11)7(12,13)14/h1-3H3,(H,15,16). The molecule has 0 spiro atoms. The third-order valence-electron chi connectivity index (χ3n) is 1.52. The minimum absolute atomic E-state index is 1.30. The first-order chi connectivity index (χ1) is 7.13. The highest BCUT2D eigenvalue weighted by molar-refractivity contribution is 6.75. The Morgan fingerprint density at radius 1 is 0.941 bits per heavy atom. The highest BCUT2D eigenvalue weighted by Crippen LogP contribution is 2.46. The smallest absolute Gasteiger partial charge is 0.377 e. The number of hydrogen-bond acceptors (Lipinski definition) is 1. The maximum atomic E-state index is 12.8. The fourth-order valence-electron chi connectivity index (χ4n) is 0.740. The molecule has 1 amide bonds. The number of carbonyl (C=O) groups excluding carboxylic acids is 1. The van der Waals surface area contributed by atoms with Crippen LogP contribution in [-0.4, -0.2) is 32.2 Å². The van der Waals surface area contributed by atoms with E-state index in [2.05, 4.69) is 0 Å². The van der Waals surface area contributed by atoms with Crippen LogP contribution >= 0.6 is 0 Å². The predicted molar refractivity (Wildman–Crippen MR) is 47.4 cm³/mol. The molecule has 0 fully saturated rings. The van der Waals surface area contributed by atoms with Crippen LogP contribution in [0.25, 0.3) is 0 Å². The second-order valence-electron chi connectivity index (χ2n) is 4.35. The van der Waals surface area contributed by atoms with E-state index in [1.807, 2.05) is 0 Å². The lowest BCUT2D eigenvalue weighted by atomic mass is 10.1. The van der Waals surface area contributed by atoms with Crippen molar-refractivity contribution < 1.29 is 35.5 Å². The van der Waals surface area contributed by atoms with E-state index in [1.54, 1.807) is 0 Å². The maximum absolute atomic E-state index is 12.8. The fraction of sp³-hybridized carbons (Fsp3) is 0.857. The minimum Gasteiger partial charge on any atom is -0.377 e. The van der Waals surface area contributed by atoms with Crippen molar-refractivity contribution in [2.75, 3.05) is 0 Å². The van der Waals surface area contributed by atoms with Crippen LogP contribution in [0, 0.1) is 0 Å². The van der Waals surface area contributed by atoms with Crippen LogP contribution in [0.4, 0.5) is 30.7 Å². The van der Waals surface area contributed by atoms with Gasteiger partial charge in [-0.3, -0.25) is 4.79 Å². The van der Waals surface area contributed by atoms with Crippen LogP contribution in [-0.2, 0) is 4.79 Å². The Morgan fingerprint density at radius 3 is 1.53 bits per heavy atom. The van der Waals surface area contributed by atoms with Gasteiger partial charge < -0.3 is 4.98 Å². The Hall–Kier alpha value is -0.803. The molecular formula is C7H10F7NOSi. The molecular weight excluding hydrogens is 275 g/mol. The average Bonchev–Trinajstić information content (AvgIpc) is 1.97. The average molecular weight is 285 g/mol.